The molecule has 0 fully saturated rings. The van der Waals surface area contributed by atoms with Crippen LogP contribution >= 0.6 is 11.6 Å². The number of nitriles is 1. The van der Waals surface area contributed by atoms with Gasteiger partial charge in [-0.3, -0.25) is 0 Å². The third kappa shape index (κ3) is 1.44. The van der Waals surface area contributed by atoms with Crippen molar-refractivity contribution in [3.8, 4) is 6.07 Å². The molecule has 0 saturated carbocycles. The van der Waals surface area contributed by atoms with E-state index < -0.39 is 0 Å². The van der Waals surface area contributed by atoms with Crippen LogP contribution in [0.15, 0.2) is 12.1 Å². The van der Waals surface area contributed by atoms with Crippen molar-refractivity contribution in [3.63, 3.8) is 0 Å². The number of nitrogens with two attached hydrogens (primary N) is 1. The Kier molecular flexibility index (Phi) is 2.02. The van der Waals surface area contributed by atoms with Crippen molar-refractivity contribution in [2.45, 2.75) is 6.92 Å². The van der Waals surface area contributed by atoms with Crippen molar-refractivity contribution in [2.24, 2.45) is 0 Å². The maximum absolute atomic E-state index is 8.54. The molecule has 0 atom stereocenters. The van der Waals surface area contributed by atoms with Crippen molar-refractivity contribution >= 4 is 17.3 Å². The first-order valence-electron chi connectivity index (χ1n) is 3.11. The summed E-state index contributed by atoms with van der Waals surface area (Å²) in [6, 6.07) is 5.22. The molecule has 0 aliphatic rings. The van der Waals surface area contributed by atoms with Crippen LogP contribution in [-0.2, 0) is 0 Å². The highest BCUT2D eigenvalue weighted by molar-refractivity contribution is 6.31. The second-order valence-electron chi connectivity index (χ2n) is 2.30. The lowest BCUT2D eigenvalue weighted by Crippen LogP contribution is -1.90. The van der Waals surface area contributed by atoms with Crippen molar-refractivity contribution in [2.75, 3.05) is 5.73 Å². The summed E-state index contributed by atoms with van der Waals surface area (Å²) in [6.45, 7) is 1.85. The SMILES string of the molecule is Cc1cc(Cl)c(C#N)cc1N. The fourth-order valence-corrected chi connectivity index (χ4v) is 1.04. The molecule has 0 spiro atoms. The third-order valence-electron chi connectivity index (χ3n) is 1.48. The molecule has 0 radical (unpaired) electrons. The molecule has 0 aliphatic heterocycles. The first kappa shape index (κ1) is 7.90. The summed E-state index contributed by atoms with van der Waals surface area (Å²) in [4.78, 5) is 0. The van der Waals surface area contributed by atoms with Crippen LogP contribution in [0, 0.1) is 18.3 Å². The van der Waals surface area contributed by atoms with Crippen LogP contribution in [0.1, 0.15) is 11.1 Å². The number of hydrogen-bond acceptors (Lipinski definition) is 2. The van der Waals surface area contributed by atoms with Crippen molar-refractivity contribution in [3.05, 3.63) is 28.3 Å². The summed E-state index contributed by atoms with van der Waals surface area (Å²) in [7, 11) is 0. The Hall–Kier alpha value is -1.20. The third-order valence-corrected chi connectivity index (χ3v) is 1.79. The predicted octanol–water partition coefficient (Wildman–Crippen LogP) is 2.10. The second-order valence-corrected chi connectivity index (χ2v) is 2.71. The van der Waals surface area contributed by atoms with Gasteiger partial charge < -0.3 is 5.73 Å². The van der Waals surface area contributed by atoms with Gasteiger partial charge in [-0.25, -0.2) is 0 Å². The van der Waals surface area contributed by atoms with E-state index >= 15 is 0 Å². The molecule has 0 amide bonds. The Labute approximate surface area is 70.2 Å². The molecule has 2 nitrogen and oxygen atoms in total. The van der Waals surface area contributed by atoms with E-state index in [1.807, 2.05) is 13.0 Å². The maximum Gasteiger partial charge on any atom is 0.101 e. The van der Waals surface area contributed by atoms with Crippen molar-refractivity contribution < 1.29 is 0 Å². The molecule has 1 aromatic rings. The van der Waals surface area contributed by atoms with E-state index in [1.165, 1.54) is 0 Å². The van der Waals surface area contributed by atoms with Crippen LogP contribution in [-0.4, -0.2) is 0 Å². The molecule has 1 aromatic carbocycles. The van der Waals surface area contributed by atoms with Gasteiger partial charge in [0.25, 0.3) is 0 Å². The molecular formula is C8H7ClN2. The van der Waals surface area contributed by atoms with E-state index in [1.54, 1.807) is 12.1 Å². The molecule has 0 bridgehead atoms. The summed E-state index contributed by atoms with van der Waals surface area (Å²) < 4.78 is 0. The highest BCUT2D eigenvalue weighted by Crippen LogP contribution is 2.21. The highest BCUT2D eigenvalue weighted by atomic mass is 35.5. The van der Waals surface area contributed by atoms with Crippen LogP contribution in [0.2, 0.25) is 5.02 Å². The van der Waals surface area contributed by atoms with Gasteiger partial charge >= 0.3 is 0 Å². The van der Waals surface area contributed by atoms with Crippen LogP contribution in [0.5, 0.6) is 0 Å². The lowest BCUT2D eigenvalue weighted by Gasteiger charge is -2.00. The molecule has 11 heavy (non-hydrogen) atoms. The largest absolute Gasteiger partial charge is 0.398 e. The topological polar surface area (TPSA) is 49.8 Å². The van der Waals surface area contributed by atoms with Crippen LogP contribution < -0.4 is 5.73 Å². The first-order chi connectivity index (χ1) is 5.15. The Bertz CT molecular complexity index is 326. The molecule has 0 aromatic heterocycles. The van der Waals surface area contributed by atoms with Crippen molar-refractivity contribution in [1.29, 1.82) is 5.26 Å². The first-order valence-corrected chi connectivity index (χ1v) is 3.48. The monoisotopic (exact) mass is 166 g/mol. The Balaban J connectivity index is 3.35. The summed E-state index contributed by atoms with van der Waals surface area (Å²) in [5.41, 5.74) is 7.48. The fraction of sp³-hybridized carbons (Fsp3) is 0.125. The van der Waals surface area contributed by atoms with Gasteiger partial charge in [0.15, 0.2) is 0 Å². The minimum absolute atomic E-state index is 0.426. The maximum atomic E-state index is 8.54. The predicted molar refractivity (Wildman–Crippen MR) is 45.3 cm³/mol. The van der Waals surface area contributed by atoms with Crippen molar-refractivity contribution in [1.82, 2.24) is 0 Å². The molecule has 0 aliphatic carbocycles. The minimum Gasteiger partial charge on any atom is -0.398 e. The van der Waals surface area contributed by atoms with E-state index in [4.69, 9.17) is 22.6 Å². The number of aryl methyl sites for hydroxylation is 1. The van der Waals surface area contributed by atoms with Gasteiger partial charge in [0, 0.05) is 5.69 Å². The lowest BCUT2D eigenvalue weighted by atomic mass is 10.1. The minimum atomic E-state index is 0.426. The van der Waals surface area contributed by atoms with E-state index in [0.29, 0.717) is 16.3 Å². The molecule has 0 saturated heterocycles. The summed E-state index contributed by atoms with van der Waals surface area (Å²) >= 11 is 5.72. The highest BCUT2D eigenvalue weighted by Gasteiger charge is 2.01. The van der Waals surface area contributed by atoms with E-state index in [0.717, 1.165) is 5.56 Å². The number of anilines is 1. The quantitative estimate of drug-likeness (QED) is 0.600. The Morgan fingerprint density at radius 1 is 1.55 bits per heavy atom. The number of nitrogens with zero attached hydrogens (tertiary/aromatic N) is 1. The normalized spacial score (nSPS) is 9.18. The summed E-state index contributed by atoms with van der Waals surface area (Å²) in [5, 5.41) is 9.00. The van der Waals surface area contributed by atoms with Gasteiger partial charge in [-0.05, 0) is 24.6 Å². The van der Waals surface area contributed by atoms with Gasteiger partial charge in [0.05, 0.1) is 10.6 Å². The molecule has 2 N–H and O–H groups in total. The van der Waals surface area contributed by atoms with E-state index in [-0.39, 0.29) is 0 Å². The molecule has 1 rings (SSSR count). The van der Waals surface area contributed by atoms with E-state index in [2.05, 4.69) is 0 Å². The van der Waals surface area contributed by atoms with Gasteiger partial charge in [0.1, 0.15) is 6.07 Å². The van der Waals surface area contributed by atoms with Crippen LogP contribution in [0.25, 0.3) is 0 Å². The fourth-order valence-electron chi connectivity index (χ4n) is 0.775. The number of benzene rings is 1. The van der Waals surface area contributed by atoms with Gasteiger partial charge in [-0.1, -0.05) is 11.6 Å². The summed E-state index contributed by atoms with van der Waals surface area (Å²) in [5.74, 6) is 0. The molecule has 56 valence electrons. The zero-order valence-electron chi connectivity index (χ0n) is 6.06. The molecule has 0 heterocycles. The Morgan fingerprint density at radius 2 is 2.18 bits per heavy atom. The molecular weight excluding hydrogens is 160 g/mol. The van der Waals surface area contributed by atoms with Gasteiger partial charge in [-0.15, -0.1) is 0 Å². The summed E-state index contributed by atoms with van der Waals surface area (Å²) in [6.07, 6.45) is 0. The van der Waals surface area contributed by atoms with Crippen LogP contribution in [0.3, 0.4) is 0 Å². The smallest absolute Gasteiger partial charge is 0.101 e. The number of nitrogen functional groups attached to an aromatic ring is 1. The Morgan fingerprint density at radius 3 is 2.73 bits per heavy atom. The average molecular weight is 167 g/mol. The van der Waals surface area contributed by atoms with Crippen LogP contribution in [0.4, 0.5) is 5.69 Å². The second kappa shape index (κ2) is 2.81. The molecule has 0 unspecified atom stereocenters. The number of hydrogen-bond donors (Lipinski definition) is 1. The number of rotatable bonds is 0. The van der Waals surface area contributed by atoms with E-state index in [9.17, 15) is 0 Å². The standard InChI is InChI=1S/C8H7ClN2/c1-5-2-7(9)6(4-10)3-8(5)11/h2-3H,11H2,1H3. The van der Waals surface area contributed by atoms with Gasteiger partial charge in [-0.2, -0.15) is 5.26 Å². The molecule has 3 heteroatoms. The zero-order valence-corrected chi connectivity index (χ0v) is 6.81. The lowest BCUT2D eigenvalue weighted by molar-refractivity contribution is 1.43. The number of halogens is 1. The average Bonchev–Trinajstić information content (AvgIpc) is 1.97. The zero-order chi connectivity index (χ0) is 8.43. The van der Waals surface area contributed by atoms with Gasteiger partial charge in [0.2, 0.25) is 0 Å².